The first-order chi connectivity index (χ1) is 7.87. The van der Waals surface area contributed by atoms with Gasteiger partial charge in [-0.2, -0.15) is 0 Å². The molecule has 9 heteroatoms. The van der Waals surface area contributed by atoms with Crippen molar-refractivity contribution < 1.29 is 18.6 Å². The number of sulfonamides is 1. The highest BCUT2D eigenvalue weighted by Gasteiger charge is 2.04. The maximum atomic E-state index is 10.7. The van der Waals surface area contributed by atoms with Crippen LogP contribution in [0.3, 0.4) is 0 Å². The lowest BCUT2D eigenvalue weighted by molar-refractivity contribution is -0.704. The monoisotopic (exact) mass is 268 g/mol. The molecule has 0 radical (unpaired) electrons. The lowest BCUT2D eigenvalue weighted by Gasteiger charge is -2.11. The highest BCUT2D eigenvalue weighted by Crippen LogP contribution is 2.00. The van der Waals surface area contributed by atoms with Crippen molar-refractivity contribution in [3.05, 3.63) is 5.21 Å². The Morgan fingerprint density at radius 3 is 2.47 bits per heavy atom. The van der Waals surface area contributed by atoms with Crippen LogP contribution in [0.25, 0.3) is 0 Å². The van der Waals surface area contributed by atoms with Gasteiger partial charge < -0.3 is 10.4 Å². The highest BCUT2D eigenvalue weighted by atomic mass is 32.2. The lowest BCUT2D eigenvalue weighted by atomic mass is 10.2. The molecule has 0 atom stereocenters. The van der Waals surface area contributed by atoms with Gasteiger partial charge >= 0.3 is 0 Å². The van der Waals surface area contributed by atoms with Crippen molar-refractivity contribution in [2.24, 2.45) is 5.28 Å². The molecule has 0 aliphatic carbocycles. The minimum absolute atomic E-state index is 0.116. The predicted octanol–water partition coefficient (Wildman–Crippen LogP) is 0.295. The fraction of sp³-hybridized carbons (Fsp3) is 1.00. The number of hydrogen-bond donors (Lipinski definition) is 2. The zero-order chi connectivity index (χ0) is 13.3. The molecule has 0 bridgehead atoms. The van der Waals surface area contributed by atoms with Gasteiger partial charge in [-0.3, -0.25) is 0 Å². The van der Waals surface area contributed by atoms with Gasteiger partial charge in [-0.25, -0.2) is 13.1 Å². The summed E-state index contributed by atoms with van der Waals surface area (Å²) in [5, 5.41) is 22.6. The first-order valence-electron chi connectivity index (χ1n) is 5.35. The van der Waals surface area contributed by atoms with Crippen molar-refractivity contribution in [2.75, 3.05) is 26.4 Å². The molecule has 0 spiro atoms. The third kappa shape index (κ3) is 9.82. The fourth-order valence-corrected chi connectivity index (χ4v) is 1.75. The molecular formula is C8H20N4O4S. The third-order valence-corrected chi connectivity index (χ3v) is 2.87. The summed E-state index contributed by atoms with van der Waals surface area (Å²) in [6.45, 7) is 0.932. The number of nitrogens with one attached hydrogen (secondary N) is 1. The predicted molar refractivity (Wildman–Crippen MR) is 61.8 cm³/mol. The molecule has 0 fully saturated rings. The van der Waals surface area contributed by atoms with E-state index < -0.39 is 10.0 Å². The number of unbranched alkanes of at least 4 members (excludes halogenated alkanes) is 3. The van der Waals surface area contributed by atoms with E-state index in [1.54, 1.807) is 0 Å². The largest absolute Gasteiger partial charge is 0.569 e. The molecule has 0 aromatic heterocycles. The van der Waals surface area contributed by atoms with E-state index in [0.29, 0.717) is 13.1 Å². The van der Waals surface area contributed by atoms with Crippen LogP contribution in [-0.2, 0) is 10.0 Å². The van der Waals surface area contributed by atoms with Crippen molar-refractivity contribution in [3.63, 3.8) is 0 Å². The molecule has 0 aliphatic heterocycles. The summed E-state index contributed by atoms with van der Waals surface area (Å²) in [5.41, 5.74) is 0. The van der Waals surface area contributed by atoms with Crippen LogP contribution in [0.5, 0.6) is 0 Å². The third-order valence-electron chi connectivity index (χ3n) is 2.14. The summed E-state index contributed by atoms with van der Waals surface area (Å²) >= 11 is 0. The molecule has 0 amide bonds. The average molecular weight is 268 g/mol. The molecule has 8 nitrogen and oxygen atoms in total. The summed E-state index contributed by atoms with van der Waals surface area (Å²) in [6.07, 6.45) is 4.44. The Bertz CT molecular complexity index is 330. The quantitative estimate of drug-likeness (QED) is 0.270. The van der Waals surface area contributed by atoms with E-state index >= 15 is 0 Å². The smallest absolute Gasteiger partial charge is 0.230 e. The molecular weight excluding hydrogens is 248 g/mol. The Hall–Kier alpha value is -1.09. The SMILES string of the molecule is CN(CCCCCCNS(C)(=O)=O)/[N+]([O-])=N\O. The van der Waals surface area contributed by atoms with E-state index in [1.165, 1.54) is 12.1 Å². The van der Waals surface area contributed by atoms with Crippen LogP contribution in [0.1, 0.15) is 25.7 Å². The van der Waals surface area contributed by atoms with Crippen LogP contribution in [0, 0.1) is 5.21 Å². The second kappa shape index (κ2) is 8.07. The van der Waals surface area contributed by atoms with Crippen LogP contribution < -0.4 is 4.72 Å². The molecule has 0 aromatic rings. The van der Waals surface area contributed by atoms with Gasteiger partial charge in [0.1, 0.15) is 0 Å². The van der Waals surface area contributed by atoms with Gasteiger partial charge in [-0.05, 0) is 12.8 Å². The van der Waals surface area contributed by atoms with Gasteiger partial charge in [-0.15, -0.1) is 5.01 Å². The zero-order valence-electron chi connectivity index (χ0n) is 10.2. The number of hydrogen-bond acceptors (Lipinski definition) is 4. The van der Waals surface area contributed by atoms with Crippen LogP contribution in [-0.4, -0.2) is 50.0 Å². The summed E-state index contributed by atoms with van der Waals surface area (Å²) in [7, 11) is -1.57. The molecule has 0 aromatic carbocycles. The summed E-state index contributed by atoms with van der Waals surface area (Å²) in [4.78, 5) is 0.116. The molecule has 0 saturated carbocycles. The number of rotatable bonds is 9. The molecule has 0 unspecified atom stereocenters. The van der Waals surface area contributed by atoms with Gasteiger partial charge in [0, 0.05) is 6.54 Å². The lowest BCUT2D eigenvalue weighted by Crippen LogP contribution is -2.27. The van der Waals surface area contributed by atoms with Crippen molar-refractivity contribution in [3.8, 4) is 0 Å². The second-order valence-corrected chi connectivity index (χ2v) is 5.64. The number of hydrazine groups is 1. The molecule has 0 aliphatic rings. The highest BCUT2D eigenvalue weighted by molar-refractivity contribution is 7.88. The van der Waals surface area contributed by atoms with Gasteiger partial charge in [-0.1, -0.05) is 12.8 Å². The Labute approximate surface area is 101 Å². The minimum Gasteiger partial charge on any atom is -0.569 e. The second-order valence-electron chi connectivity index (χ2n) is 3.80. The van der Waals surface area contributed by atoms with E-state index in [1.807, 2.05) is 0 Å². The van der Waals surface area contributed by atoms with Gasteiger partial charge in [0.15, 0.2) is 0 Å². The van der Waals surface area contributed by atoms with E-state index in [2.05, 4.69) is 10.00 Å². The molecule has 17 heavy (non-hydrogen) atoms. The Morgan fingerprint density at radius 2 is 1.94 bits per heavy atom. The Kier molecular flexibility index (Phi) is 7.55. The van der Waals surface area contributed by atoms with E-state index in [-0.39, 0.29) is 4.97 Å². The molecule has 0 saturated heterocycles. The first kappa shape index (κ1) is 15.9. The molecule has 0 rings (SSSR count). The Morgan fingerprint density at radius 1 is 1.35 bits per heavy atom. The van der Waals surface area contributed by atoms with Crippen LogP contribution in [0.2, 0.25) is 0 Å². The normalized spacial score (nSPS) is 12.7. The van der Waals surface area contributed by atoms with E-state index in [9.17, 15) is 13.6 Å². The molecule has 102 valence electrons. The first-order valence-corrected chi connectivity index (χ1v) is 7.24. The average Bonchev–Trinajstić information content (AvgIpc) is 2.24. The van der Waals surface area contributed by atoms with E-state index in [0.717, 1.165) is 31.9 Å². The summed E-state index contributed by atoms with van der Waals surface area (Å²) in [6, 6.07) is 0. The number of nitrogens with zero attached hydrogens (tertiary/aromatic N) is 3. The summed E-state index contributed by atoms with van der Waals surface area (Å²) in [5.74, 6) is 0. The van der Waals surface area contributed by atoms with Crippen molar-refractivity contribution in [2.45, 2.75) is 25.7 Å². The van der Waals surface area contributed by atoms with Crippen molar-refractivity contribution in [1.82, 2.24) is 9.73 Å². The van der Waals surface area contributed by atoms with Crippen LogP contribution >= 0.6 is 0 Å². The maximum Gasteiger partial charge on any atom is 0.230 e. The van der Waals surface area contributed by atoms with Crippen LogP contribution in [0.4, 0.5) is 0 Å². The minimum atomic E-state index is -3.09. The molecule has 2 N–H and O–H groups in total. The van der Waals surface area contributed by atoms with Crippen LogP contribution in [0.15, 0.2) is 5.28 Å². The topological polar surface area (TPSA) is 108 Å². The Balaban J connectivity index is 3.42. The zero-order valence-corrected chi connectivity index (χ0v) is 11.0. The van der Waals surface area contributed by atoms with Gasteiger partial charge in [0.25, 0.3) is 0 Å². The maximum absolute atomic E-state index is 10.7. The van der Waals surface area contributed by atoms with Crippen molar-refractivity contribution >= 4 is 10.0 Å². The standard InChI is InChI=1S/C8H20N4O4S/c1-11(12(14)10-13)8-6-4-3-5-7-9-17(2,15)16/h9,13H,3-8H2,1-2H3/b12-10+. The fourth-order valence-electron chi connectivity index (χ4n) is 1.23. The van der Waals surface area contributed by atoms with Gasteiger partial charge in [0.2, 0.25) is 15.3 Å². The summed E-state index contributed by atoms with van der Waals surface area (Å²) < 4.78 is 23.9. The van der Waals surface area contributed by atoms with E-state index in [4.69, 9.17) is 5.21 Å². The van der Waals surface area contributed by atoms with Crippen molar-refractivity contribution in [1.29, 1.82) is 0 Å². The molecule has 0 heterocycles. The van der Waals surface area contributed by atoms with Gasteiger partial charge in [0.05, 0.1) is 24.8 Å².